The molecule has 6 nitrogen and oxygen atoms in total. The van der Waals surface area contributed by atoms with Crippen LogP contribution in [0.25, 0.3) is 22.2 Å². The van der Waals surface area contributed by atoms with Gasteiger partial charge in [0, 0.05) is 35.4 Å². The molecule has 4 aromatic rings. The Morgan fingerprint density at radius 3 is 2.73 bits per heavy atom. The van der Waals surface area contributed by atoms with Crippen LogP contribution in [0.4, 0.5) is 5.69 Å². The Labute approximate surface area is 151 Å². The Morgan fingerprint density at radius 2 is 1.92 bits per heavy atom. The van der Waals surface area contributed by atoms with Crippen LogP contribution in [-0.2, 0) is 18.4 Å². The molecule has 2 aromatic carbocycles. The molecule has 130 valence electrons. The minimum Gasteiger partial charge on any atom is -0.351 e. The summed E-state index contributed by atoms with van der Waals surface area (Å²) in [4.78, 5) is 12.3. The predicted octanol–water partition coefficient (Wildman–Crippen LogP) is 3.38. The van der Waals surface area contributed by atoms with Gasteiger partial charge in [-0.3, -0.25) is 4.79 Å². The lowest BCUT2D eigenvalue weighted by atomic mass is 10.1. The van der Waals surface area contributed by atoms with Gasteiger partial charge >= 0.3 is 0 Å². The maximum Gasteiger partial charge on any atom is 0.246 e. The van der Waals surface area contributed by atoms with Crippen LogP contribution < -0.4 is 5.32 Å². The number of hydrogen-bond acceptors (Lipinski definition) is 3. The SMILES string of the molecule is Cc1ccc(-c2cn(CC(=O)Nc3ccc4c(ccn4C)c3)nn2)cc1. The lowest BCUT2D eigenvalue weighted by Gasteiger charge is -2.05. The van der Waals surface area contributed by atoms with Gasteiger partial charge in [-0.05, 0) is 31.2 Å². The first-order valence-corrected chi connectivity index (χ1v) is 8.40. The van der Waals surface area contributed by atoms with Crippen molar-refractivity contribution >= 4 is 22.5 Å². The van der Waals surface area contributed by atoms with Crippen LogP contribution in [0.2, 0.25) is 0 Å². The molecular weight excluding hydrogens is 326 g/mol. The molecule has 0 aliphatic rings. The molecule has 4 rings (SSSR count). The van der Waals surface area contributed by atoms with Gasteiger partial charge in [-0.25, -0.2) is 4.68 Å². The minimum absolute atomic E-state index is 0.117. The number of hydrogen-bond donors (Lipinski definition) is 1. The van der Waals surface area contributed by atoms with Crippen LogP contribution >= 0.6 is 0 Å². The molecule has 0 unspecified atom stereocenters. The number of nitrogens with zero attached hydrogens (tertiary/aromatic N) is 4. The van der Waals surface area contributed by atoms with Crippen molar-refractivity contribution in [1.82, 2.24) is 19.6 Å². The van der Waals surface area contributed by atoms with Crippen molar-refractivity contribution < 1.29 is 4.79 Å². The second-order valence-electron chi connectivity index (χ2n) is 6.42. The molecule has 0 saturated heterocycles. The van der Waals surface area contributed by atoms with Crippen molar-refractivity contribution in [2.24, 2.45) is 7.05 Å². The highest BCUT2D eigenvalue weighted by Gasteiger charge is 2.09. The smallest absolute Gasteiger partial charge is 0.246 e. The summed E-state index contributed by atoms with van der Waals surface area (Å²) in [7, 11) is 2.00. The first-order valence-electron chi connectivity index (χ1n) is 8.40. The van der Waals surface area contributed by atoms with Crippen LogP contribution in [0.1, 0.15) is 5.56 Å². The van der Waals surface area contributed by atoms with E-state index in [-0.39, 0.29) is 12.5 Å². The van der Waals surface area contributed by atoms with E-state index >= 15 is 0 Å². The Bertz CT molecular complexity index is 1080. The van der Waals surface area contributed by atoms with Crippen molar-refractivity contribution in [2.75, 3.05) is 5.32 Å². The van der Waals surface area contributed by atoms with Gasteiger partial charge in [0.15, 0.2) is 0 Å². The lowest BCUT2D eigenvalue weighted by molar-refractivity contribution is -0.116. The van der Waals surface area contributed by atoms with Crippen LogP contribution in [-0.4, -0.2) is 25.5 Å². The van der Waals surface area contributed by atoms with Crippen molar-refractivity contribution in [1.29, 1.82) is 0 Å². The van der Waals surface area contributed by atoms with E-state index in [4.69, 9.17) is 0 Å². The summed E-state index contributed by atoms with van der Waals surface area (Å²) in [5.41, 5.74) is 4.82. The number of benzene rings is 2. The summed E-state index contributed by atoms with van der Waals surface area (Å²) in [5, 5.41) is 12.2. The number of carbonyl (C=O) groups is 1. The lowest BCUT2D eigenvalue weighted by Crippen LogP contribution is -2.19. The van der Waals surface area contributed by atoms with Gasteiger partial charge in [-0.1, -0.05) is 35.0 Å². The topological polar surface area (TPSA) is 64.7 Å². The molecule has 0 aliphatic heterocycles. The number of aryl methyl sites for hydroxylation is 2. The Morgan fingerprint density at radius 1 is 1.12 bits per heavy atom. The zero-order valence-electron chi connectivity index (χ0n) is 14.7. The van der Waals surface area contributed by atoms with Gasteiger partial charge in [0.05, 0.1) is 6.20 Å². The number of amides is 1. The molecule has 0 saturated carbocycles. The first kappa shape index (κ1) is 16.1. The highest BCUT2D eigenvalue weighted by molar-refractivity contribution is 5.93. The molecule has 0 aliphatic carbocycles. The second-order valence-corrected chi connectivity index (χ2v) is 6.42. The number of nitrogens with one attached hydrogen (secondary N) is 1. The van der Waals surface area contributed by atoms with Gasteiger partial charge in [0.1, 0.15) is 12.2 Å². The fourth-order valence-electron chi connectivity index (χ4n) is 2.94. The third-order valence-electron chi connectivity index (χ3n) is 4.36. The standard InChI is InChI=1S/C20H19N5O/c1-14-3-5-15(6-4-14)18-12-25(23-22-18)13-20(26)21-17-7-8-19-16(11-17)9-10-24(19)2/h3-12H,13H2,1-2H3,(H,21,26). The monoisotopic (exact) mass is 345 g/mol. The van der Waals surface area contributed by atoms with E-state index in [0.29, 0.717) is 0 Å². The van der Waals surface area contributed by atoms with Gasteiger partial charge < -0.3 is 9.88 Å². The first-order chi connectivity index (χ1) is 12.6. The third kappa shape index (κ3) is 3.21. The molecule has 0 spiro atoms. The molecule has 6 heteroatoms. The van der Waals surface area contributed by atoms with E-state index in [9.17, 15) is 4.79 Å². The van der Waals surface area contributed by atoms with Crippen molar-refractivity contribution in [3.8, 4) is 11.3 Å². The van der Waals surface area contributed by atoms with Crippen LogP contribution in [0.5, 0.6) is 0 Å². The Balaban J connectivity index is 1.45. The average molecular weight is 345 g/mol. The summed E-state index contributed by atoms with van der Waals surface area (Å²) in [5.74, 6) is -0.138. The second kappa shape index (κ2) is 6.48. The summed E-state index contributed by atoms with van der Waals surface area (Å²) in [6.07, 6.45) is 3.78. The average Bonchev–Trinajstić information content (AvgIpc) is 3.22. The predicted molar refractivity (Wildman–Crippen MR) is 102 cm³/mol. The van der Waals surface area contributed by atoms with Crippen LogP contribution in [0.15, 0.2) is 60.9 Å². The van der Waals surface area contributed by atoms with E-state index in [1.54, 1.807) is 10.9 Å². The summed E-state index contributed by atoms with van der Waals surface area (Å²) in [6, 6.07) is 15.9. The molecule has 2 aromatic heterocycles. The fourth-order valence-corrected chi connectivity index (χ4v) is 2.94. The van der Waals surface area contributed by atoms with Crippen molar-refractivity contribution in [3.05, 3.63) is 66.5 Å². The fraction of sp³-hybridized carbons (Fsp3) is 0.150. The van der Waals surface area contributed by atoms with E-state index in [1.807, 2.05) is 73.3 Å². The zero-order valence-corrected chi connectivity index (χ0v) is 14.7. The van der Waals surface area contributed by atoms with Crippen molar-refractivity contribution in [2.45, 2.75) is 13.5 Å². The number of carbonyl (C=O) groups excluding carboxylic acids is 1. The number of aromatic nitrogens is 4. The Hall–Kier alpha value is -3.41. The van der Waals surface area contributed by atoms with E-state index in [1.165, 1.54) is 5.56 Å². The van der Waals surface area contributed by atoms with E-state index in [0.717, 1.165) is 27.8 Å². The van der Waals surface area contributed by atoms with Crippen molar-refractivity contribution in [3.63, 3.8) is 0 Å². The molecule has 26 heavy (non-hydrogen) atoms. The van der Waals surface area contributed by atoms with Gasteiger partial charge in [-0.2, -0.15) is 0 Å². The van der Waals surface area contributed by atoms with Crippen LogP contribution in [0.3, 0.4) is 0 Å². The molecular formula is C20H19N5O. The zero-order chi connectivity index (χ0) is 18.1. The highest BCUT2D eigenvalue weighted by atomic mass is 16.2. The Kier molecular flexibility index (Phi) is 4.01. The van der Waals surface area contributed by atoms with Gasteiger partial charge in [-0.15, -0.1) is 5.10 Å². The maximum atomic E-state index is 12.3. The molecule has 1 N–H and O–H groups in total. The van der Waals surface area contributed by atoms with E-state index in [2.05, 4.69) is 15.6 Å². The quantitative estimate of drug-likeness (QED) is 0.617. The molecule has 1 amide bonds. The number of fused-ring (bicyclic) bond motifs is 1. The van der Waals surface area contributed by atoms with Gasteiger partial charge in [0.2, 0.25) is 5.91 Å². The molecule has 2 heterocycles. The summed E-state index contributed by atoms with van der Waals surface area (Å²) < 4.78 is 3.59. The maximum absolute atomic E-state index is 12.3. The molecule has 0 radical (unpaired) electrons. The molecule has 0 bridgehead atoms. The minimum atomic E-state index is -0.138. The molecule has 0 atom stereocenters. The number of anilines is 1. The largest absolute Gasteiger partial charge is 0.351 e. The highest BCUT2D eigenvalue weighted by Crippen LogP contribution is 2.20. The van der Waals surface area contributed by atoms with Crippen LogP contribution in [0, 0.1) is 6.92 Å². The summed E-state index contributed by atoms with van der Waals surface area (Å²) in [6.45, 7) is 2.16. The normalized spacial score (nSPS) is 11.0. The molecule has 0 fully saturated rings. The summed E-state index contributed by atoms with van der Waals surface area (Å²) >= 11 is 0. The third-order valence-corrected chi connectivity index (χ3v) is 4.36. The van der Waals surface area contributed by atoms with Gasteiger partial charge in [0.25, 0.3) is 0 Å². The number of rotatable bonds is 4. The van der Waals surface area contributed by atoms with E-state index < -0.39 is 0 Å².